The molecule has 1 aliphatic rings. The molecule has 0 amide bonds. The number of unbranched alkanes of at least 4 members (excludes halogenated alkanes) is 4. The molecular weight excluding hydrogens is 355 g/mol. The summed E-state index contributed by atoms with van der Waals surface area (Å²) in [6, 6.07) is 0. The molecule has 1 fully saturated rings. The monoisotopic (exact) mass is 386 g/mol. The van der Waals surface area contributed by atoms with Gasteiger partial charge in [-0.25, -0.2) is 4.79 Å². The highest BCUT2D eigenvalue weighted by atomic mass is 19.1. The Labute approximate surface area is 158 Å². The van der Waals surface area contributed by atoms with Crippen LogP contribution in [0.4, 0.5) is 4.39 Å². The largest absolute Gasteiger partial charge is 0.379 e. The predicted molar refractivity (Wildman–Crippen MR) is 99.4 cm³/mol. The highest BCUT2D eigenvalue weighted by Crippen LogP contribution is 2.30. The molecule has 1 aromatic rings. The minimum absolute atomic E-state index is 0.236. The zero-order chi connectivity index (χ0) is 19.6. The van der Waals surface area contributed by atoms with Crippen LogP contribution < -0.4 is 11.2 Å². The molecule has 0 radical (unpaired) electrons. The van der Waals surface area contributed by atoms with Crippen LogP contribution in [-0.4, -0.2) is 41.6 Å². The first-order valence-corrected chi connectivity index (χ1v) is 9.92. The molecule has 154 valence electrons. The SMILES string of the molecule is CCCCCOC[C@@H]1O[C@H](n2cc(F)c(=O)[nH]c2=O)CC1OCCCCC. The van der Waals surface area contributed by atoms with Crippen molar-refractivity contribution in [3.05, 3.63) is 32.9 Å². The van der Waals surface area contributed by atoms with Crippen LogP contribution in [0.3, 0.4) is 0 Å². The fraction of sp³-hybridized carbons (Fsp3) is 0.789. The number of aromatic amines is 1. The lowest BCUT2D eigenvalue weighted by Crippen LogP contribution is -2.34. The normalized spacial score (nSPS) is 22.4. The number of rotatable bonds is 12. The molecule has 1 unspecified atom stereocenters. The highest BCUT2D eigenvalue weighted by molar-refractivity contribution is 4.91. The van der Waals surface area contributed by atoms with Crippen LogP contribution in [0.1, 0.15) is 65.0 Å². The summed E-state index contributed by atoms with van der Waals surface area (Å²) in [6.45, 7) is 5.87. The minimum atomic E-state index is -1.03. The van der Waals surface area contributed by atoms with Gasteiger partial charge >= 0.3 is 5.69 Å². The number of nitrogens with zero attached hydrogens (tertiary/aromatic N) is 1. The zero-order valence-electron chi connectivity index (χ0n) is 16.2. The first-order valence-electron chi connectivity index (χ1n) is 9.92. The molecule has 0 aliphatic carbocycles. The van der Waals surface area contributed by atoms with E-state index in [1.165, 1.54) is 0 Å². The highest BCUT2D eigenvalue weighted by Gasteiger charge is 2.37. The second-order valence-corrected chi connectivity index (χ2v) is 6.91. The van der Waals surface area contributed by atoms with E-state index in [1.54, 1.807) is 0 Å². The quantitative estimate of drug-likeness (QED) is 0.559. The average Bonchev–Trinajstić information content (AvgIpc) is 3.04. The maximum absolute atomic E-state index is 13.6. The van der Waals surface area contributed by atoms with Gasteiger partial charge in [0.15, 0.2) is 0 Å². The number of nitrogens with one attached hydrogen (secondary N) is 1. The van der Waals surface area contributed by atoms with Gasteiger partial charge in [-0.05, 0) is 12.8 Å². The van der Waals surface area contributed by atoms with Gasteiger partial charge in [-0.1, -0.05) is 39.5 Å². The van der Waals surface area contributed by atoms with Gasteiger partial charge in [-0.3, -0.25) is 14.3 Å². The van der Waals surface area contributed by atoms with Crippen molar-refractivity contribution >= 4 is 0 Å². The van der Waals surface area contributed by atoms with E-state index in [4.69, 9.17) is 14.2 Å². The molecule has 0 spiro atoms. The summed E-state index contributed by atoms with van der Waals surface area (Å²) in [5.74, 6) is -1.02. The van der Waals surface area contributed by atoms with Crippen LogP contribution in [0, 0.1) is 5.82 Å². The number of hydrogen-bond acceptors (Lipinski definition) is 5. The Bertz CT molecular complexity index is 675. The molecule has 1 N–H and O–H groups in total. The second kappa shape index (κ2) is 11.4. The molecule has 0 aromatic carbocycles. The second-order valence-electron chi connectivity index (χ2n) is 6.91. The first-order chi connectivity index (χ1) is 13.1. The maximum Gasteiger partial charge on any atom is 0.330 e. The van der Waals surface area contributed by atoms with Crippen molar-refractivity contribution in [2.75, 3.05) is 19.8 Å². The van der Waals surface area contributed by atoms with Gasteiger partial charge in [0.05, 0.1) is 18.9 Å². The van der Waals surface area contributed by atoms with E-state index >= 15 is 0 Å². The Morgan fingerprint density at radius 3 is 2.59 bits per heavy atom. The molecule has 27 heavy (non-hydrogen) atoms. The van der Waals surface area contributed by atoms with E-state index in [9.17, 15) is 14.0 Å². The molecule has 0 saturated carbocycles. The summed E-state index contributed by atoms with van der Waals surface area (Å²) in [5, 5.41) is 0. The van der Waals surface area contributed by atoms with Crippen LogP contribution in [0.2, 0.25) is 0 Å². The number of halogens is 1. The zero-order valence-corrected chi connectivity index (χ0v) is 16.2. The summed E-state index contributed by atoms with van der Waals surface area (Å²) in [7, 11) is 0. The summed E-state index contributed by atoms with van der Waals surface area (Å²) in [5.41, 5.74) is -1.72. The van der Waals surface area contributed by atoms with Crippen LogP contribution in [-0.2, 0) is 14.2 Å². The van der Waals surface area contributed by atoms with Crippen molar-refractivity contribution in [3.63, 3.8) is 0 Å². The van der Waals surface area contributed by atoms with E-state index in [0.717, 1.165) is 49.3 Å². The van der Waals surface area contributed by atoms with Gasteiger partial charge in [0, 0.05) is 19.6 Å². The lowest BCUT2D eigenvalue weighted by Gasteiger charge is -2.19. The molecule has 1 aliphatic heterocycles. The predicted octanol–water partition coefficient (Wildman–Crippen LogP) is 2.75. The fourth-order valence-corrected chi connectivity index (χ4v) is 3.11. The molecule has 8 heteroatoms. The third kappa shape index (κ3) is 6.55. The number of H-pyrrole nitrogens is 1. The lowest BCUT2D eigenvalue weighted by atomic mass is 10.2. The van der Waals surface area contributed by atoms with Gasteiger partial charge in [0.2, 0.25) is 5.82 Å². The molecule has 0 bridgehead atoms. The Kier molecular flexibility index (Phi) is 9.17. The van der Waals surface area contributed by atoms with Gasteiger partial charge in [-0.2, -0.15) is 4.39 Å². The van der Waals surface area contributed by atoms with E-state index in [1.807, 2.05) is 4.98 Å². The molecule has 2 heterocycles. The molecule has 1 aromatic heterocycles. The molecular formula is C19H31FN2O5. The number of aromatic nitrogens is 2. The molecule has 1 saturated heterocycles. The van der Waals surface area contributed by atoms with Crippen molar-refractivity contribution in [1.82, 2.24) is 9.55 Å². The van der Waals surface area contributed by atoms with Gasteiger partial charge < -0.3 is 14.2 Å². The summed E-state index contributed by atoms with van der Waals surface area (Å²) < 4.78 is 32.3. The summed E-state index contributed by atoms with van der Waals surface area (Å²) >= 11 is 0. The van der Waals surface area contributed by atoms with Crippen molar-refractivity contribution in [1.29, 1.82) is 0 Å². The minimum Gasteiger partial charge on any atom is -0.379 e. The van der Waals surface area contributed by atoms with Crippen molar-refractivity contribution in [2.24, 2.45) is 0 Å². The van der Waals surface area contributed by atoms with E-state index < -0.39 is 23.3 Å². The standard InChI is InChI=1S/C19H31FN2O5/c1-3-5-7-9-25-13-16-15(26-10-8-6-4-2)11-17(27-16)22-12-14(20)18(23)21-19(22)24/h12,15-17H,3-11,13H2,1-2H3,(H,21,23,24)/t15?,16-,17-/m0/s1. The topological polar surface area (TPSA) is 82.5 Å². The van der Waals surface area contributed by atoms with E-state index in [-0.39, 0.29) is 12.2 Å². The van der Waals surface area contributed by atoms with Crippen LogP contribution in [0.5, 0.6) is 0 Å². The Morgan fingerprint density at radius 2 is 1.89 bits per heavy atom. The van der Waals surface area contributed by atoms with Gasteiger partial charge in [0.25, 0.3) is 5.56 Å². The smallest absolute Gasteiger partial charge is 0.330 e. The Hall–Kier alpha value is -1.51. The van der Waals surface area contributed by atoms with E-state index in [0.29, 0.717) is 26.2 Å². The maximum atomic E-state index is 13.6. The van der Waals surface area contributed by atoms with Gasteiger partial charge in [0.1, 0.15) is 12.3 Å². The summed E-state index contributed by atoms with van der Waals surface area (Å²) in [4.78, 5) is 25.2. The van der Waals surface area contributed by atoms with Crippen molar-refractivity contribution in [2.45, 2.75) is 77.2 Å². The lowest BCUT2D eigenvalue weighted by molar-refractivity contribution is -0.0781. The van der Waals surface area contributed by atoms with Crippen LogP contribution in [0.25, 0.3) is 0 Å². The van der Waals surface area contributed by atoms with Crippen molar-refractivity contribution in [3.8, 4) is 0 Å². The first kappa shape index (κ1) is 21.8. The third-order valence-electron chi connectivity index (χ3n) is 4.67. The number of ether oxygens (including phenoxy) is 3. The fourth-order valence-electron chi connectivity index (χ4n) is 3.11. The summed E-state index contributed by atoms with van der Waals surface area (Å²) in [6.07, 6.45) is 6.39. The Balaban J connectivity index is 2.00. The number of hydrogen-bond donors (Lipinski definition) is 1. The third-order valence-corrected chi connectivity index (χ3v) is 4.67. The molecule has 7 nitrogen and oxygen atoms in total. The van der Waals surface area contributed by atoms with Crippen LogP contribution in [0.15, 0.2) is 15.8 Å². The van der Waals surface area contributed by atoms with Crippen LogP contribution >= 0.6 is 0 Å². The van der Waals surface area contributed by atoms with E-state index in [2.05, 4.69) is 13.8 Å². The van der Waals surface area contributed by atoms with Gasteiger partial charge in [-0.15, -0.1) is 0 Å². The molecule has 3 atom stereocenters. The van der Waals surface area contributed by atoms with Crippen molar-refractivity contribution < 1.29 is 18.6 Å². The molecule has 2 rings (SSSR count). The Morgan fingerprint density at radius 1 is 1.19 bits per heavy atom. The average molecular weight is 386 g/mol.